The van der Waals surface area contributed by atoms with E-state index in [0.29, 0.717) is 58.9 Å². The quantitative estimate of drug-likeness (QED) is 0.236. The predicted octanol–water partition coefficient (Wildman–Crippen LogP) is 5.72. The second-order valence-corrected chi connectivity index (χ2v) is 17.3. The van der Waals surface area contributed by atoms with E-state index in [0.717, 1.165) is 57.8 Å². The molecule has 0 N–H and O–H groups in total. The van der Waals surface area contributed by atoms with Crippen LogP contribution in [0.1, 0.15) is 96.4 Å². The molecule has 2 aromatic heterocycles. The largest absolute Gasteiger partial charge is 0.487 e. The van der Waals surface area contributed by atoms with E-state index in [-0.39, 0.29) is 73.2 Å². The van der Waals surface area contributed by atoms with E-state index in [1.165, 1.54) is 16.5 Å². The molecule has 10 atom stereocenters. The Morgan fingerprint density at radius 3 is 2.24 bits per heavy atom. The summed E-state index contributed by atoms with van der Waals surface area (Å²) in [5, 5.41) is 16.9. The number of nitrogens with zero attached hydrogens (tertiary/aromatic N) is 6. The van der Waals surface area contributed by atoms with E-state index in [4.69, 9.17) is 23.7 Å². The number of fused-ring (bicyclic) bond motifs is 9. The van der Waals surface area contributed by atoms with E-state index in [1.807, 2.05) is 18.2 Å². The minimum atomic E-state index is -0.327. The van der Waals surface area contributed by atoms with Crippen LogP contribution < -0.4 is 9.47 Å². The lowest BCUT2D eigenvalue weighted by atomic mass is 9.43. The van der Waals surface area contributed by atoms with Crippen LogP contribution in [0.5, 0.6) is 11.5 Å². The Hall–Kier alpha value is -4.49. The van der Waals surface area contributed by atoms with Gasteiger partial charge in [-0.15, -0.1) is 10.2 Å². The monoisotopic (exact) mass is 758 g/mol. The van der Waals surface area contributed by atoms with Crippen molar-refractivity contribution in [3.8, 4) is 11.5 Å². The number of benzene rings is 1. The molecule has 6 aliphatic rings. The molecule has 0 amide bonds. The Bertz CT molecular complexity index is 1880. The third kappa shape index (κ3) is 7.45. The zero-order valence-electron chi connectivity index (χ0n) is 32.4. The molecule has 4 fully saturated rings. The summed E-state index contributed by atoms with van der Waals surface area (Å²) in [7, 11) is 1.44. The van der Waals surface area contributed by atoms with Gasteiger partial charge in [-0.2, -0.15) is 0 Å². The number of methoxy groups -OCH3 is 1. The predicted molar refractivity (Wildman–Crippen MR) is 196 cm³/mol. The lowest BCUT2D eigenvalue weighted by Crippen LogP contribution is -2.59. The Morgan fingerprint density at radius 1 is 0.891 bits per heavy atom. The third-order valence-corrected chi connectivity index (χ3v) is 14.4. The molecular weight excluding hydrogens is 704 g/mol. The second kappa shape index (κ2) is 15.2. The average Bonchev–Trinajstić information content (AvgIpc) is 3.91. The van der Waals surface area contributed by atoms with Crippen molar-refractivity contribution in [1.82, 2.24) is 30.0 Å². The molecule has 296 valence electrons. The van der Waals surface area contributed by atoms with Gasteiger partial charge in [-0.3, -0.25) is 14.4 Å². The standard InChI is InChI=1S/C41H54N6O8/c1-25(8-13-37(48)51-4)33-11-12-34-32-10-9-26-16-31-14-15-40(26,2)35(32)18-36(41(33,34)3)55-39(50)22-47-20-28(43-45-47)24-53-30-7-5-6-29(17-30)52-23-27-19-46(44-42-27)21-38(49)54-31/h5-7,17,19-20,25-26,31-36H,8-16,18,21-24H2,1-4H3/t25-,26-,31-,32+,33-,34+,35+,36+,40+,41-/m1/s1. The fourth-order valence-electron chi connectivity index (χ4n) is 11.7. The van der Waals surface area contributed by atoms with Gasteiger partial charge in [0.2, 0.25) is 0 Å². The zero-order valence-corrected chi connectivity index (χ0v) is 32.4. The number of hydrogen-bond donors (Lipinski definition) is 0. The highest BCUT2D eigenvalue weighted by molar-refractivity contribution is 5.70. The second-order valence-electron chi connectivity index (χ2n) is 17.3. The average molecular weight is 759 g/mol. The molecule has 4 heterocycles. The SMILES string of the molecule is COC(=O)CC[C@@H](C)[C@H]1CC[C@H]2[C@@H]3CC[C@@H]4C[C@H]5CC[C@]4(C)[C@H]3C[C@H](OC(=O)Cn3cc(nn3)COc3cccc(c3)OCc3cn(nn3)CC(=O)O5)[C@]12C. The van der Waals surface area contributed by atoms with Gasteiger partial charge >= 0.3 is 17.9 Å². The molecule has 0 saturated heterocycles. The molecule has 9 rings (SSSR count). The first-order valence-corrected chi connectivity index (χ1v) is 20.1. The van der Waals surface area contributed by atoms with E-state index < -0.39 is 0 Å². The Balaban J connectivity index is 1.07. The summed E-state index contributed by atoms with van der Waals surface area (Å²) in [4.78, 5) is 39.3. The van der Waals surface area contributed by atoms with Crippen molar-refractivity contribution in [2.75, 3.05) is 7.11 Å². The number of ether oxygens (including phenoxy) is 5. The van der Waals surface area contributed by atoms with E-state index >= 15 is 0 Å². The van der Waals surface area contributed by atoms with E-state index in [2.05, 4.69) is 41.4 Å². The van der Waals surface area contributed by atoms with Gasteiger partial charge in [0.25, 0.3) is 0 Å². The minimum Gasteiger partial charge on any atom is -0.487 e. The van der Waals surface area contributed by atoms with Crippen molar-refractivity contribution >= 4 is 17.9 Å². The molecule has 14 heteroatoms. The maximum Gasteiger partial charge on any atom is 0.328 e. The fourth-order valence-corrected chi connectivity index (χ4v) is 11.7. The van der Waals surface area contributed by atoms with Crippen LogP contribution in [0.25, 0.3) is 0 Å². The summed E-state index contributed by atoms with van der Waals surface area (Å²) < 4.78 is 32.7. The summed E-state index contributed by atoms with van der Waals surface area (Å²) in [6, 6.07) is 7.24. The summed E-state index contributed by atoms with van der Waals surface area (Å²) in [5.74, 6) is 2.62. The van der Waals surface area contributed by atoms with Gasteiger partial charge in [-0.25, -0.2) is 9.36 Å². The molecule has 0 radical (unpaired) electrons. The molecule has 0 unspecified atom stereocenters. The van der Waals surface area contributed by atoms with Gasteiger partial charge in [0.05, 0.1) is 19.5 Å². The van der Waals surface area contributed by atoms with Gasteiger partial charge in [-0.1, -0.05) is 37.3 Å². The van der Waals surface area contributed by atoms with Crippen LogP contribution in [0.15, 0.2) is 36.7 Å². The molecule has 3 aromatic rings. The van der Waals surface area contributed by atoms with Crippen LogP contribution in [-0.2, 0) is 54.9 Å². The number of hydrogen-bond acceptors (Lipinski definition) is 12. The Labute approximate surface area is 321 Å². The molecule has 4 saturated carbocycles. The molecule has 2 aliphatic heterocycles. The lowest BCUT2D eigenvalue weighted by molar-refractivity contribution is -0.200. The molecule has 1 aromatic carbocycles. The number of carbonyl (C=O) groups excluding carboxylic acids is 3. The first-order chi connectivity index (χ1) is 26.5. The normalized spacial score (nSPS) is 34.1. The third-order valence-electron chi connectivity index (χ3n) is 14.4. The fraction of sp³-hybridized carbons (Fsp3) is 0.683. The van der Waals surface area contributed by atoms with Crippen LogP contribution in [0.2, 0.25) is 0 Å². The number of rotatable bonds is 4. The molecule has 11 bridgehead atoms. The van der Waals surface area contributed by atoms with Crippen molar-refractivity contribution in [2.45, 2.75) is 123 Å². The Morgan fingerprint density at radius 2 is 1.56 bits per heavy atom. The van der Waals surface area contributed by atoms with Crippen LogP contribution in [0.4, 0.5) is 0 Å². The summed E-state index contributed by atoms with van der Waals surface area (Å²) >= 11 is 0. The maximum atomic E-state index is 13.9. The maximum absolute atomic E-state index is 13.9. The zero-order chi connectivity index (χ0) is 38.3. The van der Waals surface area contributed by atoms with Crippen molar-refractivity contribution in [3.05, 3.63) is 48.0 Å². The topological polar surface area (TPSA) is 159 Å². The van der Waals surface area contributed by atoms with Crippen LogP contribution in [0, 0.1) is 46.3 Å². The van der Waals surface area contributed by atoms with Gasteiger partial charge < -0.3 is 23.7 Å². The number of carbonyl (C=O) groups is 3. The van der Waals surface area contributed by atoms with Crippen molar-refractivity contribution < 1.29 is 38.1 Å². The van der Waals surface area contributed by atoms with Crippen molar-refractivity contribution in [1.29, 1.82) is 0 Å². The van der Waals surface area contributed by atoms with Crippen molar-refractivity contribution in [3.63, 3.8) is 0 Å². The summed E-state index contributed by atoms with van der Waals surface area (Å²) in [6.07, 6.45) is 11.9. The highest BCUT2D eigenvalue weighted by Crippen LogP contribution is 2.69. The Kier molecular flexibility index (Phi) is 10.4. The van der Waals surface area contributed by atoms with Crippen molar-refractivity contribution in [2.24, 2.45) is 46.3 Å². The molecule has 55 heavy (non-hydrogen) atoms. The highest BCUT2D eigenvalue weighted by atomic mass is 16.6. The summed E-state index contributed by atoms with van der Waals surface area (Å²) in [5.41, 5.74) is 0.977. The molecular formula is C41H54N6O8. The van der Waals surface area contributed by atoms with Gasteiger partial charge in [0.1, 0.15) is 61.4 Å². The first kappa shape index (κ1) is 37.4. The summed E-state index contributed by atoms with van der Waals surface area (Å²) in [6.45, 7) is 7.32. The van der Waals surface area contributed by atoms with Gasteiger partial charge in [0, 0.05) is 17.9 Å². The molecule has 14 nitrogen and oxygen atoms in total. The van der Waals surface area contributed by atoms with Gasteiger partial charge in [0.15, 0.2) is 0 Å². The molecule has 4 aliphatic carbocycles. The van der Waals surface area contributed by atoms with E-state index in [9.17, 15) is 14.4 Å². The molecule has 0 spiro atoms. The van der Waals surface area contributed by atoms with Crippen LogP contribution in [-0.4, -0.2) is 67.2 Å². The van der Waals surface area contributed by atoms with E-state index in [1.54, 1.807) is 18.5 Å². The van der Waals surface area contributed by atoms with Crippen LogP contribution in [0.3, 0.4) is 0 Å². The first-order valence-electron chi connectivity index (χ1n) is 20.1. The van der Waals surface area contributed by atoms with Gasteiger partial charge in [-0.05, 0) is 111 Å². The number of aromatic nitrogens is 6. The smallest absolute Gasteiger partial charge is 0.328 e. The van der Waals surface area contributed by atoms with Crippen LogP contribution >= 0.6 is 0 Å². The minimum absolute atomic E-state index is 0.0173. The lowest BCUT2D eigenvalue weighted by Gasteiger charge is -2.62. The number of esters is 3. The highest BCUT2D eigenvalue weighted by Gasteiger charge is 2.65.